The summed E-state index contributed by atoms with van der Waals surface area (Å²) in [7, 11) is 1.60. The molecule has 3 rings (SSSR count). The average molecular weight is 317 g/mol. The fraction of sp³-hybridized carbons (Fsp3) is 0.529. The predicted octanol–water partition coefficient (Wildman–Crippen LogP) is 1.86. The molecule has 0 spiro atoms. The first-order valence-electron chi connectivity index (χ1n) is 8.07. The van der Waals surface area contributed by atoms with Crippen molar-refractivity contribution in [2.75, 3.05) is 33.4 Å². The van der Waals surface area contributed by atoms with Gasteiger partial charge in [-0.25, -0.2) is 9.97 Å². The summed E-state index contributed by atoms with van der Waals surface area (Å²) in [5, 5.41) is 11.1. The molecule has 1 aliphatic heterocycles. The molecule has 1 aliphatic rings. The number of methoxy groups -OCH3 is 1. The number of rotatable bonds is 6. The van der Waals surface area contributed by atoms with Crippen LogP contribution >= 0.6 is 0 Å². The Hall–Kier alpha value is -1.92. The van der Waals surface area contributed by atoms with Crippen LogP contribution in [0.4, 0.5) is 0 Å². The molecule has 1 fully saturated rings. The number of hydrogen-bond donors (Lipinski definition) is 1. The second-order valence-corrected chi connectivity index (χ2v) is 5.91. The van der Waals surface area contributed by atoms with E-state index in [0.29, 0.717) is 18.0 Å². The Kier molecular flexibility index (Phi) is 5.25. The number of nitrogens with zero attached hydrogens (tertiary/aromatic N) is 3. The van der Waals surface area contributed by atoms with Crippen molar-refractivity contribution in [3.8, 4) is 11.5 Å². The number of fused-ring (bicyclic) bond motifs is 1. The zero-order valence-corrected chi connectivity index (χ0v) is 13.4. The van der Waals surface area contributed by atoms with E-state index in [4.69, 9.17) is 9.47 Å². The summed E-state index contributed by atoms with van der Waals surface area (Å²) in [4.78, 5) is 10.5. The third-order valence-corrected chi connectivity index (χ3v) is 4.14. The maximum atomic E-state index is 10.2. The minimum Gasteiger partial charge on any atom is -0.493 e. The number of piperidine rings is 1. The van der Waals surface area contributed by atoms with Crippen molar-refractivity contribution in [1.82, 2.24) is 14.9 Å². The van der Waals surface area contributed by atoms with Crippen molar-refractivity contribution in [1.29, 1.82) is 0 Å². The first-order valence-corrected chi connectivity index (χ1v) is 8.07. The second-order valence-electron chi connectivity index (χ2n) is 5.91. The summed E-state index contributed by atoms with van der Waals surface area (Å²) in [6, 6.07) is 3.67. The monoisotopic (exact) mass is 317 g/mol. The van der Waals surface area contributed by atoms with Gasteiger partial charge >= 0.3 is 0 Å². The Labute approximate surface area is 136 Å². The zero-order chi connectivity index (χ0) is 16.1. The minimum absolute atomic E-state index is 0.240. The molecule has 6 heteroatoms. The first kappa shape index (κ1) is 16.0. The Morgan fingerprint density at radius 1 is 1.22 bits per heavy atom. The van der Waals surface area contributed by atoms with Gasteiger partial charge in [0.05, 0.1) is 12.6 Å². The quantitative estimate of drug-likeness (QED) is 0.877. The van der Waals surface area contributed by atoms with Gasteiger partial charge in [0, 0.05) is 24.2 Å². The number of likely N-dealkylation sites (tertiary alicyclic amines) is 1. The SMILES string of the molecule is COc1cc2cncnc2cc1OCC(O)CN1CCCCC1. The van der Waals surface area contributed by atoms with Crippen LogP contribution in [0, 0.1) is 0 Å². The average Bonchev–Trinajstić information content (AvgIpc) is 2.60. The van der Waals surface area contributed by atoms with Gasteiger partial charge in [-0.3, -0.25) is 0 Å². The standard InChI is InChI=1S/C17H23N3O3/c1-22-16-7-13-9-18-12-19-15(13)8-17(16)23-11-14(21)10-20-5-3-2-4-6-20/h7-9,12,14,21H,2-6,10-11H2,1H3. The van der Waals surface area contributed by atoms with Gasteiger partial charge in [-0.05, 0) is 32.0 Å². The molecule has 0 saturated carbocycles. The Balaban J connectivity index is 1.63. The van der Waals surface area contributed by atoms with E-state index >= 15 is 0 Å². The summed E-state index contributed by atoms with van der Waals surface area (Å²) in [6.07, 6.45) is 6.44. The molecule has 0 radical (unpaired) electrons. The smallest absolute Gasteiger partial charge is 0.163 e. The van der Waals surface area contributed by atoms with E-state index < -0.39 is 6.10 Å². The lowest BCUT2D eigenvalue weighted by molar-refractivity contribution is 0.0609. The molecular formula is C17H23N3O3. The lowest BCUT2D eigenvalue weighted by Crippen LogP contribution is -2.38. The van der Waals surface area contributed by atoms with E-state index in [1.165, 1.54) is 25.6 Å². The Bertz CT molecular complexity index is 644. The van der Waals surface area contributed by atoms with Gasteiger partial charge in [0.1, 0.15) is 19.0 Å². The predicted molar refractivity (Wildman–Crippen MR) is 87.9 cm³/mol. The van der Waals surface area contributed by atoms with Gasteiger partial charge in [0.25, 0.3) is 0 Å². The van der Waals surface area contributed by atoms with E-state index in [1.54, 1.807) is 13.3 Å². The van der Waals surface area contributed by atoms with Gasteiger partial charge in [-0.2, -0.15) is 0 Å². The molecule has 1 saturated heterocycles. The highest BCUT2D eigenvalue weighted by Gasteiger charge is 2.16. The maximum absolute atomic E-state index is 10.2. The van der Waals surface area contributed by atoms with Gasteiger partial charge < -0.3 is 19.5 Å². The number of β-amino-alcohol motifs (C(OH)–C–C–N with tert-alkyl or cyclic N) is 1. The third-order valence-electron chi connectivity index (χ3n) is 4.14. The minimum atomic E-state index is -0.515. The Morgan fingerprint density at radius 2 is 2.04 bits per heavy atom. The Morgan fingerprint density at radius 3 is 2.83 bits per heavy atom. The van der Waals surface area contributed by atoms with E-state index in [-0.39, 0.29) is 6.61 Å². The molecule has 1 aromatic carbocycles. The van der Waals surface area contributed by atoms with Crippen molar-refractivity contribution in [2.45, 2.75) is 25.4 Å². The lowest BCUT2D eigenvalue weighted by Gasteiger charge is -2.28. The molecule has 1 atom stereocenters. The van der Waals surface area contributed by atoms with Crippen molar-refractivity contribution >= 4 is 10.9 Å². The van der Waals surface area contributed by atoms with E-state index in [2.05, 4.69) is 14.9 Å². The van der Waals surface area contributed by atoms with Crippen molar-refractivity contribution in [2.24, 2.45) is 0 Å². The lowest BCUT2D eigenvalue weighted by atomic mass is 10.1. The number of aromatic nitrogens is 2. The van der Waals surface area contributed by atoms with Crippen LogP contribution in [0.25, 0.3) is 10.9 Å². The van der Waals surface area contributed by atoms with Gasteiger partial charge in [-0.15, -0.1) is 0 Å². The van der Waals surface area contributed by atoms with Gasteiger partial charge in [0.15, 0.2) is 11.5 Å². The molecule has 0 aliphatic carbocycles. The molecule has 1 aromatic heterocycles. The summed E-state index contributed by atoms with van der Waals surface area (Å²) < 4.78 is 11.1. The van der Waals surface area contributed by atoms with E-state index in [0.717, 1.165) is 24.0 Å². The van der Waals surface area contributed by atoms with Crippen LogP contribution in [-0.2, 0) is 0 Å². The molecular weight excluding hydrogens is 294 g/mol. The molecule has 0 amide bonds. The second kappa shape index (κ2) is 7.57. The van der Waals surface area contributed by atoms with Crippen molar-refractivity contribution in [3.05, 3.63) is 24.7 Å². The van der Waals surface area contributed by atoms with Crippen molar-refractivity contribution in [3.63, 3.8) is 0 Å². The number of aliphatic hydroxyl groups excluding tert-OH is 1. The fourth-order valence-corrected chi connectivity index (χ4v) is 2.94. The molecule has 2 aromatic rings. The van der Waals surface area contributed by atoms with Crippen LogP contribution in [0.2, 0.25) is 0 Å². The number of aliphatic hydroxyl groups is 1. The normalized spacial score (nSPS) is 17.1. The van der Waals surface area contributed by atoms with Crippen LogP contribution in [-0.4, -0.2) is 59.4 Å². The summed E-state index contributed by atoms with van der Waals surface area (Å²) in [5.74, 6) is 1.22. The van der Waals surface area contributed by atoms with Gasteiger partial charge in [-0.1, -0.05) is 6.42 Å². The molecule has 6 nitrogen and oxygen atoms in total. The first-order chi connectivity index (χ1) is 11.3. The van der Waals surface area contributed by atoms with Crippen LogP contribution in [0.5, 0.6) is 11.5 Å². The third kappa shape index (κ3) is 4.09. The summed E-state index contributed by atoms with van der Waals surface area (Å²) in [6.45, 7) is 3.02. The van der Waals surface area contributed by atoms with Gasteiger partial charge in [0.2, 0.25) is 0 Å². The van der Waals surface area contributed by atoms with Crippen LogP contribution < -0.4 is 9.47 Å². The molecule has 124 valence electrons. The molecule has 0 bridgehead atoms. The summed E-state index contributed by atoms with van der Waals surface area (Å²) in [5.41, 5.74) is 0.793. The van der Waals surface area contributed by atoms with E-state index in [1.807, 2.05) is 12.1 Å². The molecule has 2 heterocycles. The topological polar surface area (TPSA) is 67.7 Å². The van der Waals surface area contributed by atoms with E-state index in [9.17, 15) is 5.11 Å². The number of benzene rings is 1. The highest BCUT2D eigenvalue weighted by molar-refractivity contribution is 5.81. The van der Waals surface area contributed by atoms with Crippen LogP contribution in [0.1, 0.15) is 19.3 Å². The number of ether oxygens (including phenoxy) is 2. The van der Waals surface area contributed by atoms with Crippen molar-refractivity contribution < 1.29 is 14.6 Å². The maximum Gasteiger partial charge on any atom is 0.163 e. The highest BCUT2D eigenvalue weighted by atomic mass is 16.5. The zero-order valence-electron chi connectivity index (χ0n) is 13.4. The molecule has 1 unspecified atom stereocenters. The van der Waals surface area contributed by atoms with Crippen LogP contribution in [0.3, 0.4) is 0 Å². The summed E-state index contributed by atoms with van der Waals surface area (Å²) >= 11 is 0. The fourth-order valence-electron chi connectivity index (χ4n) is 2.94. The van der Waals surface area contributed by atoms with Crippen LogP contribution in [0.15, 0.2) is 24.7 Å². The largest absolute Gasteiger partial charge is 0.493 e. The highest BCUT2D eigenvalue weighted by Crippen LogP contribution is 2.31. The molecule has 23 heavy (non-hydrogen) atoms. The molecule has 1 N–H and O–H groups in total. The number of hydrogen-bond acceptors (Lipinski definition) is 6.